The Bertz CT molecular complexity index is 977. The van der Waals surface area contributed by atoms with Crippen LogP contribution in [0.1, 0.15) is 25.2 Å². The minimum absolute atomic E-state index is 0.184. The molecule has 1 aromatic heterocycles. The minimum atomic E-state index is -0.969. The zero-order chi connectivity index (χ0) is 21.1. The van der Waals surface area contributed by atoms with Gasteiger partial charge in [-0.3, -0.25) is 14.5 Å². The zero-order valence-corrected chi connectivity index (χ0v) is 17.5. The second kappa shape index (κ2) is 8.57. The molecule has 2 aromatic rings. The predicted molar refractivity (Wildman–Crippen MR) is 111 cm³/mol. The van der Waals surface area contributed by atoms with E-state index in [1.54, 1.807) is 20.1 Å². The van der Waals surface area contributed by atoms with Crippen molar-refractivity contribution in [3.63, 3.8) is 0 Å². The number of ether oxygens (including phenoxy) is 2. The van der Waals surface area contributed by atoms with Gasteiger partial charge in [-0.25, -0.2) is 4.79 Å². The molecular formula is C21H22N2O5S. The number of nitrogens with zero attached hydrogens (tertiary/aromatic N) is 2. The topological polar surface area (TPSA) is 77.8 Å². The van der Waals surface area contributed by atoms with Crippen LogP contribution < -0.4 is 4.74 Å². The van der Waals surface area contributed by atoms with Gasteiger partial charge in [0.1, 0.15) is 11.8 Å². The summed E-state index contributed by atoms with van der Waals surface area (Å²) in [6.45, 7) is 5.30. The number of amides is 2. The van der Waals surface area contributed by atoms with E-state index in [2.05, 4.69) is 0 Å². The Morgan fingerprint density at radius 1 is 1.17 bits per heavy atom. The third-order valence-corrected chi connectivity index (χ3v) is 5.44. The molecule has 0 N–H and O–H groups in total. The summed E-state index contributed by atoms with van der Waals surface area (Å²) in [7, 11) is 1.61. The van der Waals surface area contributed by atoms with E-state index in [4.69, 9.17) is 9.47 Å². The molecule has 2 heterocycles. The lowest BCUT2D eigenvalue weighted by Gasteiger charge is -2.19. The number of esters is 1. The number of aromatic nitrogens is 1. The van der Waals surface area contributed by atoms with Gasteiger partial charge in [-0.05, 0) is 75.0 Å². The molecule has 1 aliphatic rings. The highest BCUT2D eigenvalue weighted by atomic mass is 32.2. The molecule has 152 valence electrons. The van der Waals surface area contributed by atoms with Gasteiger partial charge in [-0.15, -0.1) is 0 Å². The van der Waals surface area contributed by atoms with Crippen LogP contribution in [0.5, 0.6) is 5.75 Å². The normalized spacial score (nSPS) is 16.4. The number of rotatable bonds is 6. The third-order valence-electron chi connectivity index (χ3n) is 4.55. The summed E-state index contributed by atoms with van der Waals surface area (Å²) >= 11 is 0.817. The first-order valence-electron chi connectivity index (χ1n) is 9.13. The molecule has 0 saturated carbocycles. The molecule has 1 saturated heterocycles. The molecule has 0 aliphatic carbocycles. The molecule has 2 amide bonds. The van der Waals surface area contributed by atoms with Crippen molar-refractivity contribution < 1.29 is 23.9 Å². The summed E-state index contributed by atoms with van der Waals surface area (Å²) in [5, 5.41) is -0.485. The quantitative estimate of drug-likeness (QED) is 0.529. The fourth-order valence-corrected chi connectivity index (χ4v) is 3.96. The largest absolute Gasteiger partial charge is 0.497 e. The zero-order valence-electron chi connectivity index (χ0n) is 16.7. The summed E-state index contributed by atoms with van der Waals surface area (Å²) in [5.74, 6) is -0.358. The summed E-state index contributed by atoms with van der Waals surface area (Å²) in [6, 6.07) is 10.4. The van der Waals surface area contributed by atoms with Crippen LogP contribution in [-0.4, -0.2) is 46.3 Å². The van der Waals surface area contributed by atoms with Crippen molar-refractivity contribution in [2.24, 2.45) is 0 Å². The van der Waals surface area contributed by atoms with Crippen LogP contribution in [0.3, 0.4) is 0 Å². The number of methoxy groups -OCH3 is 1. The molecule has 0 bridgehead atoms. The molecule has 1 aliphatic heterocycles. The maximum absolute atomic E-state index is 12.8. The van der Waals surface area contributed by atoms with E-state index in [0.29, 0.717) is 0 Å². The second-order valence-corrected chi connectivity index (χ2v) is 7.41. The minimum Gasteiger partial charge on any atom is -0.497 e. The highest BCUT2D eigenvalue weighted by Gasteiger charge is 2.41. The van der Waals surface area contributed by atoms with Crippen molar-refractivity contribution in [1.82, 2.24) is 9.47 Å². The van der Waals surface area contributed by atoms with E-state index in [-0.39, 0.29) is 11.5 Å². The van der Waals surface area contributed by atoms with E-state index in [1.807, 2.05) is 47.9 Å². The standard InChI is InChI=1S/C21H22N2O5S/c1-5-28-20(25)14(3)23-19(24)18(29-21(23)26)12-16-7-6-13(2)22(16)15-8-10-17(27-4)11-9-15/h6-12,14H,5H2,1-4H3/b18-12+. The summed E-state index contributed by atoms with van der Waals surface area (Å²) < 4.78 is 12.1. The Morgan fingerprint density at radius 3 is 2.48 bits per heavy atom. The number of hydrogen-bond donors (Lipinski definition) is 0. The van der Waals surface area contributed by atoms with Crippen LogP contribution in [0.25, 0.3) is 11.8 Å². The first-order chi connectivity index (χ1) is 13.9. The van der Waals surface area contributed by atoms with Gasteiger partial charge in [0.15, 0.2) is 0 Å². The van der Waals surface area contributed by atoms with E-state index in [9.17, 15) is 14.4 Å². The third kappa shape index (κ3) is 4.07. The molecule has 7 nitrogen and oxygen atoms in total. The maximum Gasteiger partial charge on any atom is 0.329 e. The van der Waals surface area contributed by atoms with Crippen molar-refractivity contribution in [3.8, 4) is 11.4 Å². The Kier molecular flexibility index (Phi) is 6.12. The smallest absolute Gasteiger partial charge is 0.329 e. The van der Waals surface area contributed by atoms with Gasteiger partial charge in [0.25, 0.3) is 11.1 Å². The summed E-state index contributed by atoms with van der Waals surface area (Å²) in [6.07, 6.45) is 1.67. The van der Waals surface area contributed by atoms with Crippen LogP contribution in [0.4, 0.5) is 4.79 Å². The highest BCUT2D eigenvalue weighted by molar-refractivity contribution is 8.18. The fraction of sp³-hybridized carbons (Fsp3) is 0.286. The lowest BCUT2D eigenvalue weighted by atomic mass is 10.2. The molecule has 29 heavy (non-hydrogen) atoms. The first kappa shape index (κ1) is 20.7. The summed E-state index contributed by atoms with van der Waals surface area (Å²) in [5.41, 5.74) is 2.63. The van der Waals surface area contributed by atoms with Gasteiger partial charge >= 0.3 is 5.97 Å². The monoisotopic (exact) mass is 414 g/mol. The average molecular weight is 414 g/mol. The van der Waals surface area contributed by atoms with Gasteiger partial charge < -0.3 is 14.0 Å². The van der Waals surface area contributed by atoms with Crippen LogP contribution in [0.15, 0.2) is 41.3 Å². The SMILES string of the molecule is CCOC(=O)C(C)N1C(=O)S/C(=C/c2ccc(C)n2-c2ccc(OC)cc2)C1=O. The molecule has 8 heteroatoms. The Balaban J connectivity index is 1.92. The number of aryl methyl sites for hydroxylation is 1. The molecule has 1 aromatic carbocycles. The van der Waals surface area contributed by atoms with Gasteiger partial charge in [-0.1, -0.05) is 0 Å². The van der Waals surface area contributed by atoms with Crippen molar-refractivity contribution in [2.75, 3.05) is 13.7 Å². The number of imide groups is 1. The van der Waals surface area contributed by atoms with Crippen LogP contribution in [0.2, 0.25) is 0 Å². The fourth-order valence-electron chi connectivity index (χ4n) is 3.07. The van der Waals surface area contributed by atoms with Crippen LogP contribution in [0, 0.1) is 6.92 Å². The molecule has 0 spiro atoms. The molecular weight excluding hydrogens is 392 g/mol. The summed E-state index contributed by atoms with van der Waals surface area (Å²) in [4.78, 5) is 38.3. The lowest BCUT2D eigenvalue weighted by molar-refractivity contribution is -0.150. The Labute approximate surface area is 173 Å². The molecule has 1 atom stereocenters. The molecule has 1 unspecified atom stereocenters. The first-order valence-corrected chi connectivity index (χ1v) is 9.95. The van der Waals surface area contributed by atoms with Crippen LogP contribution in [-0.2, 0) is 14.3 Å². The van der Waals surface area contributed by atoms with Gasteiger partial charge in [0.05, 0.1) is 18.6 Å². The van der Waals surface area contributed by atoms with Crippen molar-refractivity contribution in [2.45, 2.75) is 26.8 Å². The van der Waals surface area contributed by atoms with Crippen molar-refractivity contribution in [3.05, 3.63) is 52.7 Å². The van der Waals surface area contributed by atoms with E-state index < -0.39 is 23.2 Å². The van der Waals surface area contributed by atoms with Gasteiger partial charge in [0, 0.05) is 17.1 Å². The predicted octanol–water partition coefficient (Wildman–Crippen LogP) is 3.78. The van der Waals surface area contributed by atoms with Crippen molar-refractivity contribution in [1.29, 1.82) is 0 Å². The van der Waals surface area contributed by atoms with Crippen molar-refractivity contribution >= 4 is 35.0 Å². The number of carbonyl (C=O) groups is 3. The maximum atomic E-state index is 12.8. The molecule has 0 radical (unpaired) electrons. The number of carbonyl (C=O) groups excluding carboxylic acids is 3. The Morgan fingerprint density at radius 2 is 1.86 bits per heavy atom. The molecule has 1 fully saturated rings. The van der Waals surface area contributed by atoms with Crippen LogP contribution >= 0.6 is 11.8 Å². The van der Waals surface area contributed by atoms with E-state index in [0.717, 1.165) is 39.5 Å². The van der Waals surface area contributed by atoms with Gasteiger partial charge in [-0.2, -0.15) is 0 Å². The van der Waals surface area contributed by atoms with E-state index >= 15 is 0 Å². The Hall–Kier alpha value is -3.00. The highest BCUT2D eigenvalue weighted by Crippen LogP contribution is 2.34. The number of hydrogen-bond acceptors (Lipinski definition) is 6. The number of benzene rings is 1. The van der Waals surface area contributed by atoms with Gasteiger partial charge in [0.2, 0.25) is 0 Å². The average Bonchev–Trinajstić information content (AvgIpc) is 3.20. The lowest BCUT2D eigenvalue weighted by Crippen LogP contribution is -2.42. The van der Waals surface area contributed by atoms with E-state index in [1.165, 1.54) is 6.92 Å². The number of thioether (sulfide) groups is 1. The second-order valence-electron chi connectivity index (χ2n) is 6.41. The molecule has 3 rings (SSSR count).